The number of carbonyl (C=O) groups excluding carboxylic acids is 2. The molecule has 8 nitrogen and oxygen atoms in total. The number of nitrogens with one attached hydrogen (secondary N) is 2. The minimum Gasteiger partial charge on any atom is -0.454 e. The van der Waals surface area contributed by atoms with E-state index in [0.29, 0.717) is 33.8 Å². The Morgan fingerprint density at radius 3 is 2.79 bits per heavy atom. The van der Waals surface area contributed by atoms with Gasteiger partial charge in [0.15, 0.2) is 17.3 Å². The van der Waals surface area contributed by atoms with Crippen LogP contribution < -0.4 is 20.1 Å². The van der Waals surface area contributed by atoms with E-state index >= 15 is 0 Å². The molecule has 0 atom stereocenters. The number of aromatic nitrogens is 2. The van der Waals surface area contributed by atoms with Gasteiger partial charge in [-0.05, 0) is 41.3 Å². The van der Waals surface area contributed by atoms with Crippen molar-refractivity contribution in [2.75, 3.05) is 17.9 Å². The molecule has 10 heteroatoms. The maximum absolute atomic E-state index is 12.1. The number of ether oxygens (including phenoxy) is 2. The lowest BCUT2D eigenvalue weighted by Crippen LogP contribution is -2.24. The van der Waals surface area contributed by atoms with Crippen LogP contribution in [0.4, 0.5) is 5.82 Å². The lowest BCUT2D eigenvalue weighted by Gasteiger charge is -2.06. The van der Waals surface area contributed by atoms with E-state index in [4.69, 9.17) is 9.47 Å². The van der Waals surface area contributed by atoms with E-state index in [1.54, 1.807) is 18.2 Å². The van der Waals surface area contributed by atoms with Crippen LogP contribution >= 0.6 is 23.1 Å². The minimum absolute atomic E-state index is 0.121. The molecule has 0 fully saturated rings. The molecule has 3 aromatic rings. The molecule has 1 aliphatic rings. The number of hydrogen-bond acceptors (Lipinski definition) is 8. The van der Waals surface area contributed by atoms with Crippen molar-refractivity contribution in [3.63, 3.8) is 0 Å². The lowest BCUT2D eigenvalue weighted by molar-refractivity contribution is -0.118. The van der Waals surface area contributed by atoms with Crippen molar-refractivity contribution in [2.24, 2.45) is 0 Å². The number of anilines is 1. The second kappa shape index (κ2) is 8.93. The van der Waals surface area contributed by atoms with Crippen molar-refractivity contribution >= 4 is 40.7 Å². The molecular formula is C19H16N4O4S2. The number of amides is 2. The molecule has 3 heterocycles. The molecule has 148 valence electrons. The Balaban J connectivity index is 1.22. The van der Waals surface area contributed by atoms with Gasteiger partial charge < -0.3 is 20.1 Å². The largest absolute Gasteiger partial charge is 0.454 e. The van der Waals surface area contributed by atoms with Crippen LogP contribution in [0.25, 0.3) is 0 Å². The number of rotatable bonds is 7. The van der Waals surface area contributed by atoms with E-state index in [1.807, 2.05) is 29.6 Å². The Hall–Kier alpha value is -3.11. The summed E-state index contributed by atoms with van der Waals surface area (Å²) in [6.07, 6.45) is 0. The van der Waals surface area contributed by atoms with Gasteiger partial charge in [-0.25, -0.2) is 0 Å². The van der Waals surface area contributed by atoms with Crippen LogP contribution in [0, 0.1) is 0 Å². The van der Waals surface area contributed by atoms with Crippen molar-refractivity contribution in [3.8, 4) is 11.5 Å². The number of carbonyl (C=O) groups is 2. The Bertz CT molecular complexity index is 1010. The van der Waals surface area contributed by atoms with Crippen LogP contribution in [-0.4, -0.2) is 34.6 Å². The smallest absolute Gasteiger partial charge is 0.266 e. The molecule has 2 N–H and O–H groups in total. The maximum Gasteiger partial charge on any atom is 0.266 e. The quantitative estimate of drug-likeness (QED) is 0.558. The summed E-state index contributed by atoms with van der Waals surface area (Å²) < 4.78 is 10.6. The summed E-state index contributed by atoms with van der Waals surface area (Å²) in [5, 5.41) is 16.0. The topological polar surface area (TPSA) is 102 Å². The maximum atomic E-state index is 12.1. The zero-order valence-electron chi connectivity index (χ0n) is 15.1. The molecule has 29 heavy (non-hydrogen) atoms. The summed E-state index contributed by atoms with van der Waals surface area (Å²) in [4.78, 5) is 24.7. The number of fused-ring (bicyclic) bond motifs is 1. The van der Waals surface area contributed by atoms with E-state index in [1.165, 1.54) is 23.1 Å². The second-order valence-corrected chi connectivity index (χ2v) is 7.88. The zero-order chi connectivity index (χ0) is 20.1. The van der Waals surface area contributed by atoms with Gasteiger partial charge in [0.05, 0.1) is 10.6 Å². The summed E-state index contributed by atoms with van der Waals surface area (Å²) >= 11 is 2.62. The molecule has 2 amide bonds. The highest BCUT2D eigenvalue weighted by Crippen LogP contribution is 2.32. The number of benzene rings is 1. The fraction of sp³-hybridized carbons (Fsp3) is 0.158. The third kappa shape index (κ3) is 5.04. The van der Waals surface area contributed by atoms with Crippen molar-refractivity contribution in [3.05, 3.63) is 58.3 Å². The van der Waals surface area contributed by atoms with Gasteiger partial charge in [0, 0.05) is 6.54 Å². The van der Waals surface area contributed by atoms with Gasteiger partial charge in [-0.1, -0.05) is 23.9 Å². The first-order valence-corrected chi connectivity index (χ1v) is 10.5. The first-order valence-electron chi connectivity index (χ1n) is 8.64. The van der Waals surface area contributed by atoms with E-state index in [0.717, 1.165) is 5.56 Å². The number of thioether (sulfide) groups is 1. The number of nitrogens with zero attached hydrogens (tertiary/aromatic N) is 2. The first kappa shape index (κ1) is 19.2. The molecule has 0 bridgehead atoms. The average Bonchev–Trinajstić information content (AvgIpc) is 3.43. The molecule has 4 rings (SSSR count). The molecule has 0 radical (unpaired) electrons. The first-order chi connectivity index (χ1) is 14.2. The predicted molar refractivity (Wildman–Crippen MR) is 109 cm³/mol. The van der Waals surface area contributed by atoms with Crippen LogP contribution in [0.15, 0.2) is 52.9 Å². The standard InChI is InChI=1S/C19H16N4O4S2/c24-17(20-9-12-3-4-13-14(8-12)27-11-26-13)10-29-18-6-5-16(22-23-18)21-19(25)15-2-1-7-28-15/h1-8H,9-11H2,(H,20,24)(H,21,22,25). The van der Waals surface area contributed by atoms with Gasteiger partial charge >= 0.3 is 0 Å². The molecule has 1 aliphatic heterocycles. The van der Waals surface area contributed by atoms with E-state index in [-0.39, 0.29) is 24.4 Å². The van der Waals surface area contributed by atoms with Crippen LogP contribution in [0.1, 0.15) is 15.2 Å². The summed E-state index contributed by atoms with van der Waals surface area (Å²) in [5.74, 6) is 1.62. The molecule has 1 aromatic carbocycles. The Labute approximate surface area is 174 Å². The summed E-state index contributed by atoms with van der Waals surface area (Å²) in [5.41, 5.74) is 0.929. The molecule has 0 unspecified atom stereocenters. The third-order valence-electron chi connectivity index (χ3n) is 3.90. The SMILES string of the molecule is O=C(CSc1ccc(NC(=O)c2cccs2)nn1)NCc1ccc2c(c1)OCO2. The monoisotopic (exact) mass is 428 g/mol. The highest BCUT2D eigenvalue weighted by molar-refractivity contribution is 7.99. The molecule has 0 saturated carbocycles. The van der Waals surface area contributed by atoms with Gasteiger partial charge in [-0.15, -0.1) is 21.5 Å². The van der Waals surface area contributed by atoms with Crippen molar-refractivity contribution < 1.29 is 19.1 Å². The van der Waals surface area contributed by atoms with Gasteiger partial charge in [0.25, 0.3) is 5.91 Å². The summed E-state index contributed by atoms with van der Waals surface area (Å²) in [6.45, 7) is 0.620. The number of hydrogen-bond donors (Lipinski definition) is 2. The van der Waals surface area contributed by atoms with Crippen LogP contribution in [0.3, 0.4) is 0 Å². The minimum atomic E-state index is -0.224. The highest BCUT2D eigenvalue weighted by Gasteiger charge is 2.13. The average molecular weight is 428 g/mol. The molecule has 2 aromatic heterocycles. The fourth-order valence-corrected chi connectivity index (χ4v) is 3.75. The molecular weight excluding hydrogens is 412 g/mol. The Morgan fingerprint density at radius 2 is 2.00 bits per heavy atom. The molecule has 0 aliphatic carbocycles. The molecule has 0 saturated heterocycles. The van der Waals surface area contributed by atoms with Crippen molar-refractivity contribution in [2.45, 2.75) is 11.6 Å². The van der Waals surface area contributed by atoms with E-state index in [2.05, 4.69) is 20.8 Å². The normalized spacial score (nSPS) is 11.9. The van der Waals surface area contributed by atoms with E-state index in [9.17, 15) is 9.59 Å². The highest BCUT2D eigenvalue weighted by atomic mass is 32.2. The fourth-order valence-electron chi connectivity index (χ4n) is 2.49. The predicted octanol–water partition coefficient (Wildman–Crippen LogP) is 2.93. The van der Waals surface area contributed by atoms with Gasteiger partial charge in [-0.2, -0.15) is 0 Å². The Kier molecular flexibility index (Phi) is 5.92. The third-order valence-corrected chi connectivity index (χ3v) is 5.69. The van der Waals surface area contributed by atoms with Gasteiger partial charge in [0.1, 0.15) is 5.03 Å². The molecule has 0 spiro atoms. The summed E-state index contributed by atoms with van der Waals surface area (Å²) in [7, 11) is 0. The van der Waals surface area contributed by atoms with Gasteiger partial charge in [-0.3, -0.25) is 9.59 Å². The van der Waals surface area contributed by atoms with Crippen LogP contribution in [0.2, 0.25) is 0 Å². The zero-order valence-corrected chi connectivity index (χ0v) is 16.7. The van der Waals surface area contributed by atoms with Crippen molar-refractivity contribution in [1.82, 2.24) is 15.5 Å². The van der Waals surface area contributed by atoms with E-state index < -0.39 is 0 Å². The van der Waals surface area contributed by atoms with Crippen LogP contribution in [-0.2, 0) is 11.3 Å². The van der Waals surface area contributed by atoms with Crippen molar-refractivity contribution in [1.29, 1.82) is 0 Å². The lowest BCUT2D eigenvalue weighted by atomic mass is 10.2. The summed E-state index contributed by atoms with van der Waals surface area (Å²) in [6, 6.07) is 12.5. The Morgan fingerprint density at radius 1 is 1.10 bits per heavy atom. The number of thiophene rings is 1. The van der Waals surface area contributed by atoms with Crippen LogP contribution in [0.5, 0.6) is 11.5 Å². The second-order valence-electron chi connectivity index (χ2n) is 5.94. The van der Waals surface area contributed by atoms with Gasteiger partial charge in [0.2, 0.25) is 12.7 Å².